The highest BCUT2D eigenvalue weighted by Crippen LogP contribution is 2.32. The van der Waals surface area contributed by atoms with Crippen LogP contribution in [0.3, 0.4) is 0 Å². The maximum atomic E-state index is 12.8. The van der Waals surface area contributed by atoms with Gasteiger partial charge >= 0.3 is 6.18 Å². The van der Waals surface area contributed by atoms with Gasteiger partial charge in [0, 0.05) is 44.8 Å². The fraction of sp³-hybridized carbons (Fsp3) is 0.391. The number of alkyl halides is 3. The number of nitrogens with one attached hydrogen (secondary N) is 1. The van der Waals surface area contributed by atoms with Gasteiger partial charge < -0.3 is 10.2 Å². The van der Waals surface area contributed by atoms with Crippen molar-refractivity contribution >= 4 is 32.6 Å². The molecule has 1 amide bonds. The molecule has 1 saturated heterocycles. The summed E-state index contributed by atoms with van der Waals surface area (Å²) in [7, 11) is 0. The van der Waals surface area contributed by atoms with Gasteiger partial charge in [0.15, 0.2) is 5.13 Å². The minimum atomic E-state index is -4.46. The van der Waals surface area contributed by atoms with Gasteiger partial charge in [-0.2, -0.15) is 13.2 Å². The molecule has 0 unspecified atom stereocenters. The van der Waals surface area contributed by atoms with Gasteiger partial charge in [-0.1, -0.05) is 23.5 Å². The zero-order chi connectivity index (χ0) is 22.9. The third-order valence-electron chi connectivity index (χ3n) is 5.63. The first-order chi connectivity index (χ1) is 15.2. The van der Waals surface area contributed by atoms with E-state index >= 15 is 0 Å². The van der Waals surface area contributed by atoms with E-state index in [4.69, 9.17) is 4.98 Å². The van der Waals surface area contributed by atoms with E-state index in [0.29, 0.717) is 13.1 Å². The molecule has 0 bridgehead atoms. The number of rotatable bonds is 5. The molecule has 1 N–H and O–H groups in total. The van der Waals surface area contributed by atoms with Crippen molar-refractivity contribution < 1.29 is 18.0 Å². The molecule has 0 atom stereocenters. The Hall–Kier alpha value is -2.65. The van der Waals surface area contributed by atoms with Crippen LogP contribution >= 0.6 is 11.3 Å². The average Bonchev–Trinajstić information content (AvgIpc) is 3.18. The second kappa shape index (κ2) is 9.07. The number of benzene rings is 2. The maximum Gasteiger partial charge on any atom is 0.416 e. The third kappa shape index (κ3) is 5.05. The summed E-state index contributed by atoms with van der Waals surface area (Å²) < 4.78 is 39.7. The van der Waals surface area contributed by atoms with Crippen LogP contribution < -0.4 is 10.2 Å². The summed E-state index contributed by atoms with van der Waals surface area (Å²) in [6.45, 7) is 8.59. The SMILES string of the molecule is Cc1cc(C)c2nc(N3CCN(CCNC(=O)c4cccc(C(F)(F)F)c4)CC3)sc2c1. The number of halogens is 3. The van der Waals surface area contributed by atoms with Crippen LogP contribution in [0, 0.1) is 13.8 Å². The monoisotopic (exact) mass is 462 g/mol. The first-order valence-electron chi connectivity index (χ1n) is 10.5. The van der Waals surface area contributed by atoms with E-state index in [0.717, 1.165) is 49.0 Å². The molecule has 0 radical (unpaired) electrons. The summed E-state index contributed by atoms with van der Waals surface area (Å²) in [5, 5.41) is 3.76. The molecule has 1 aromatic heterocycles. The van der Waals surface area contributed by atoms with Crippen molar-refractivity contribution in [3.8, 4) is 0 Å². The number of anilines is 1. The van der Waals surface area contributed by atoms with Crippen LogP contribution in [0.5, 0.6) is 0 Å². The molecule has 1 fully saturated rings. The largest absolute Gasteiger partial charge is 0.416 e. The Morgan fingerprint density at radius 1 is 1.12 bits per heavy atom. The second-order valence-corrected chi connectivity index (χ2v) is 9.10. The first-order valence-corrected chi connectivity index (χ1v) is 11.3. The molecule has 1 aliphatic rings. The summed E-state index contributed by atoms with van der Waals surface area (Å²) >= 11 is 1.71. The minimum Gasteiger partial charge on any atom is -0.351 e. The van der Waals surface area contributed by atoms with Gasteiger partial charge in [-0.3, -0.25) is 9.69 Å². The number of aromatic nitrogens is 1. The average molecular weight is 463 g/mol. The number of carbonyl (C=O) groups is 1. The fourth-order valence-electron chi connectivity index (χ4n) is 3.92. The number of fused-ring (bicyclic) bond motifs is 1. The molecule has 9 heteroatoms. The van der Waals surface area contributed by atoms with Crippen LogP contribution in [-0.2, 0) is 6.18 Å². The molecule has 32 heavy (non-hydrogen) atoms. The lowest BCUT2D eigenvalue weighted by Crippen LogP contribution is -2.48. The molecule has 170 valence electrons. The number of nitrogens with zero attached hydrogens (tertiary/aromatic N) is 3. The number of carbonyl (C=O) groups excluding carboxylic acids is 1. The zero-order valence-corrected chi connectivity index (χ0v) is 18.8. The van der Waals surface area contributed by atoms with Crippen molar-refractivity contribution in [2.45, 2.75) is 20.0 Å². The fourth-order valence-corrected chi connectivity index (χ4v) is 5.12. The van der Waals surface area contributed by atoms with E-state index in [1.165, 1.54) is 28.0 Å². The van der Waals surface area contributed by atoms with Gasteiger partial charge in [0.05, 0.1) is 15.8 Å². The van der Waals surface area contributed by atoms with Crippen LogP contribution in [0.15, 0.2) is 36.4 Å². The third-order valence-corrected chi connectivity index (χ3v) is 6.69. The van der Waals surface area contributed by atoms with Crippen LogP contribution in [-0.4, -0.2) is 55.1 Å². The summed E-state index contributed by atoms with van der Waals surface area (Å²) in [6.07, 6.45) is -4.46. The van der Waals surface area contributed by atoms with Crippen molar-refractivity contribution in [2.24, 2.45) is 0 Å². The van der Waals surface area contributed by atoms with Gasteiger partial charge in [-0.25, -0.2) is 4.98 Å². The summed E-state index contributed by atoms with van der Waals surface area (Å²) in [5.74, 6) is -0.491. The lowest BCUT2D eigenvalue weighted by molar-refractivity contribution is -0.137. The lowest BCUT2D eigenvalue weighted by atomic mass is 10.1. The molecule has 0 aliphatic carbocycles. The quantitative estimate of drug-likeness (QED) is 0.607. The minimum absolute atomic E-state index is 0.0195. The Morgan fingerprint density at radius 3 is 2.59 bits per heavy atom. The van der Waals surface area contributed by atoms with Crippen LogP contribution in [0.1, 0.15) is 27.0 Å². The van der Waals surface area contributed by atoms with E-state index in [1.54, 1.807) is 11.3 Å². The first kappa shape index (κ1) is 22.5. The van der Waals surface area contributed by atoms with E-state index in [1.807, 2.05) is 0 Å². The standard InChI is InChI=1S/C23H25F3N4OS/c1-15-12-16(2)20-19(13-15)32-22(28-20)30-10-8-29(9-11-30)7-6-27-21(31)17-4-3-5-18(14-17)23(24,25)26/h3-5,12-14H,6-11H2,1-2H3,(H,27,31). The van der Waals surface area contributed by atoms with Crippen molar-refractivity contribution in [2.75, 3.05) is 44.2 Å². The number of thiazole rings is 1. The molecular formula is C23H25F3N4OS. The number of hydrogen-bond acceptors (Lipinski definition) is 5. The van der Waals surface area contributed by atoms with Crippen molar-refractivity contribution in [3.05, 3.63) is 58.7 Å². The van der Waals surface area contributed by atoms with Gasteiger partial charge in [0.1, 0.15) is 0 Å². The lowest BCUT2D eigenvalue weighted by Gasteiger charge is -2.34. The molecule has 3 aromatic rings. The topological polar surface area (TPSA) is 48.5 Å². The highest BCUT2D eigenvalue weighted by molar-refractivity contribution is 7.22. The molecule has 4 rings (SSSR count). The maximum absolute atomic E-state index is 12.8. The molecule has 1 aliphatic heterocycles. The van der Waals surface area contributed by atoms with E-state index in [2.05, 4.69) is 41.1 Å². The summed E-state index contributed by atoms with van der Waals surface area (Å²) in [6, 6.07) is 8.82. The normalized spacial score (nSPS) is 15.3. The number of piperazine rings is 1. The Bertz CT molecular complexity index is 1120. The van der Waals surface area contributed by atoms with Gasteiger partial charge in [0.2, 0.25) is 0 Å². The Labute approximate surface area is 188 Å². The van der Waals surface area contributed by atoms with Gasteiger partial charge in [-0.15, -0.1) is 0 Å². The van der Waals surface area contributed by atoms with E-state index < -0.39 is 17.6 Å². The van der Waals surface area contributed by atoms with Crippen LogP contribution in [0.25, 0.3) is 10.2 Å². The zero-order valence-electron chi connectivity index (χ0n) is 18.0. The Morgan fingerprint density at radius 2 is 1.88 bits per heavy atom. The highest BCUT2D eigenvalue weighted by atomic mass is 32.1. The molecular weight excluding hydrogens is 437 g/mol. The molecule has 2 aromatic carbocycles. The Balaban J connectivity index is 1.27. The highest BCUT2D eigenvalue weighted by Gasteiger charge is 2.31. The van der Waals surface area contributed by atoms with Crippen LogP contribution in [0.4, 0.5) is 18.3 Å². The summed E-state index contributed by atoms with van der Waals surface area (Å²) in [4.78, 5) is 21.6. The predicted octanol–water partition coefficient (Wildman–Crippen LogP) is 4.48. The predicted molar refractivity (Wildman–Crippen MR) is 122 cm³/mol. The molecule has 0 spiro atoms. The van der Waals surface area contributed by atoms with Gasteiger partial charge in [-0.05, 0) is 49.2 Å². The van der Waals surface area contributed by atoms with Crippen molar-refractivity contribution in [1.29, 1.82) is 0 Å². The van der Waals surface area contributed by atoms with Gasteiger partial charge in [0.25, 0.3) is 5.91 Å². The second-order valence-electron chi connectivity index (χ2n) is 8.09. The molecule has 2 heterocycles. The number of hydrogen-bond donors (Lipinski definition) is 1. The van der Waals surface area contributed by atoms with Crippen LogP contribution in [0.2, 0.25) is 0 Å². The van der Waals surface area contributed by atoms with Crippen molar-refractivity contribution in [3.63, 3.8) is 0 Å². The number of amides is 1. The molecule has 5 nitrogen and oxygen atoms in total. The number of aryl methyl sites for hydroxylation is 2. The smallest absolute Gasteiger partial charge is 0.351 e. The summed E-state index contributed by atoms with van der Waals surface area (Å²) in [5.41, 5.74) is 2.70. The van der Waals surface area contributed by atoms with E-state index in [-0.39, 0.29) is 5.56 Å². The van der Waals surface area contributed by atoms with E-state index in [9.17, 15) is 18.0 Å². The van der Waals surface area contributed by atoms with Crippen molar-refractivity contribution in [1.82, 2.24) is 15.2 Å². The Kier molecular flexibility index (Phi) is 6.39. The molecule has 0 saturated carbocycles.